The fourth-order valence-corrected chi connectivity index (χ4v) is 2.35. The van der Waals surface area contributed by atoms with E-state index in [9.17, 15) is 0 Å². The van der Waals surface area contributed by atoms with Crippen molar-refractivity contribution in [2.75, 3.05) is 26.7 Å². The maximum atomic E-state index is 3.64. The molecule has 0 saturated carbocycles. The van der Waals surface area contributed by atoms with Crippen LogP contribution in [-0.4, -0.2) is 31.6 Å². The molecule has 0 aliphatic heterocycles. The van der Waals surface area contributed by atoms with E-state index in [4.69, 9.17) is 0 Å². The van der Waals surface area contributed by atoms with Gasteiger partial charge in [0.2, 0.25) is 0 Å². The molecule has 0 heterocycles. The Morgan fingerprint density at radius 2 is 2.11 bits per heavy atom. The average Bonchev–Trinajstić information content (AvgIpc) is 2.38. The molecule has 1 N–H and O–H groups in total. The first kappa shape index (κ1) is 15.7. The summed E-state index contributed by atoms with van der Waals surface area (Å²) in [7, 11) is 2.18. The Balaban J connectivity index is 2.65. The summed E-state index contributed by atoms with van der Waals surface area (Å²) in [6.07, 6.45) is 2.33. The molecule has 18 heavy (non-hydrogen) atoms. The van der Waals surface area contributed by atoms with Crippen molar-refractivity contribution < 1.29 is 0 Å². The summed E-state index contributed by atoms with van der Waals surface area (Å²) in [6, 6.07) is 9.09. The Labute approximate surface area is 120 Å². The van der Waals surface area contributed by atoms with E-state index in [-0.39, 0.29) is 0 Å². The molecular weight excluding hydrogens is 288 g/mol. The molecule has 0 spiro atoms. The summed E-state index contributed by atoms with van der Waals surface area (Å²) in [6.45, 7) is 7.73. The minimum absolute atomic E-state index is 0.455. The third-order valence-electron chi connectivity index (χ3n) is 3.23. The Hall–Kier alpha value is -0.380. The molecule has 0 aliphatic rings. The van der Waals surface area contributed by atoms with Gasteiger partial charge in [0, 0.05) is 10.5 Å². The van der Waals surface area contributed by atoms with Crippen molar-refractivity contribution >= 4 is 15.9 Å². The molecule has 102 valence electrons. The van der Waals surface area contributed by atoms with E-state index in [1.54, 1.807) is 0 Å². The lowest BCUT2D eigenvalue weighted by molar-refractivity contribution is 0.321. The zero-order valence-corrected chi connectivity index (χ0v) is 13.3. The smallest absolute Gasteiger partial charge is 0.0332 e. The van der Waals surface area contributed by atoms with Gasteiger partial charge in [-0.05, 0) is 57.2 Å². The van der Waals surface area contributed by atoms with Crippen LogP contribution in [0.15, 0.2) is 28.7 Å². The second kappa shape index (κ2) is 8.68. The van der Waals surface area contributed by atoms with Gasteiger partial charge in [0.15, 0.2) is 0 Å². The quantitative estimate of drug-likeness (QED) is 0.784. The van der Waals surface area contributed by atoms with Crippen molar-refractivity contribution in [1.29, 1.82) is 0 Å². The zero-order chi connectivity index (χ0) is 13.4. The minimum atomic E-state index is 0.455. The largest absolute Gasteiger partial charge is 0.310 e. The number of nitrogens with zero attached hydrogens (tertiary/aromatic N) is 1. The van der Waals surface area contributed by atoms with Crippen LogP contribution in [0.1, 0.15) is 38.3 Å². The zero-order valence-electron chi connectivity index (χ0n) is 11.7. The van der Waals surface area contributed by atoms with Gasteiger partial charge in [-0.2, -0.15) is 0 Å². The molecule has 1 unspecified atom stereocenters. The van der Waals surface area contributed by atoms with Crippen LogP contribution in [0.25, 0.3) is 0 Å². The Bertz CT molecular complexity index is 341. The van der Waals surface area contributed by atoms with Crippen LogP contribution in [0, 0.1) is 0 Å². The maximum absolute atomic E-state index is 3.64. The normalized spacial score (nSPS) is 12.9. The topological polar surface area (TPSA) is 15.3 Å². The van der Waals surface area contributed by atoms with Gasteiger partial charge in [-0.25, -0.2) is 0 Å². The van der Waals surface area contributed by atoms with Gasteiger partial charge in [-0.3, -0.25) is 0 Å². The number of hydrogen-bond acceptors (Lipinski definition) is 2. The van der Waals surface area contributed by atoms with Crippen LogP contribution in [0.3, 0.4) is 0 Å². The van der Waals surface area contributed by atoms with E-state index in [1.165, 1.54) is 12.0 Å². The number of hydrogen-bond donors (Lipinski definition) is 1. The standard InChI is InChI=1S/C15H25BrN2/c1-4-10-17-15(9-11-18(3)5-2)13-7-6-8-14(16)12-13/h6-8,12,15,17H,4-5,9-11H2,1-3H3. The minimum Gasteiger partial charge on any atom is -0.310 e. The second-order valence-corrected chi connectivity index (χ2v) is 5.66. The molecule has 1 rings (SSSR count). The van der Waals surface area contributed by atoms with Crippen molar-refractivity contribution in [2.45, 2.75) is 32.7 Å². The molecule has 0 fully saturated rings. The number of nitrogens with one attached hydrogen (secondary N) is 1. The van der Waals surface area contributed by atoms with Gasteiger partial charge in [0.25, 0.3) is 0 Å². The average molecular weight is 313 g/mol. The van der Waals surface area contributed by atoms with Crippen molar-refractivity contribution in [2.24, 2.45) is 0 Å². The number of benzene rings is 1. The molecule has 2 nitrogen and oxygen atoms in total. The van der Waals surface area contributed by atoms with Crippen LogP contribution < -0.4 is 5.32 Å². The molecule has 0 radical (unpaired) electrons. The van der Waals surface area contributed by atoms with E-state index in [0.29, 0.717) is 6.04 Å². The van der Waals surface area contributed by atoms with Gasteiger partial charge < -0.3 is 10.2 Å². The molecular formula is C15H25BrN2. The lowest BCUT2D eigenvalue weighted by Crippen LogP contribution is -2.27. The Morgan fingerprint density at radius 1 is 1.33 bits per heavy atom. The fraction of sp³-hybridized carbons (Fsp3) is 0.600. The van der Waals surface area contributed by atoms with Crippen LogP contribution in [0.5, 0.6) is 0 Å². The predicted molar refractivity (Wildman–Crippen MR) is 83.0 cm³/mol. The third kappa shape index (κ3) is 5.51. The molecule has 1 atom stereocenters. The van der Waals surface area contributed by atoms with E-state index >= 15 is 0 Å². The third-order valence-corrected chi connectivity index (χ3v) is 3.72. The summed E-state index contributed by atoms with van der Waals surface area (Å²) in [4.78, 5) is 2.36. The number of halogens is 1. The predicted octanol–water partition coefficient (Wildman–Crippen LogP) is 3.83. The van der Waals surface area contributed by atoms with Crippen LogP contribution in [0.4, 0.5) is 0 Å². The first-order valence-electron chi connectivity index (χ1n) is 6.84. The molecule has 1 aromatic carbocycles. The first-order chi connectivity index (χ1) is 8.67. The lowest BCUT2D eigenvalue weighted by Gasteiger charge is -2.22. The van der Waals surface area contributed by atoms with Crippen molar-refractivity contribution in [1.82, 2.24) is 10.2 Å². The van der Waals surface area contributed by atoms with Gasteiger partial charge in [0.1, 0.15) is 0 Å². The summed E-state index contributed by atoms with van der Waals surface area (Å²) in [5.74, 6) is 0. The highest BCUT2D eigenvalue weighted by Gasteiger charge is 2.11. The molecule has 0 bridgehead atoms. The highest BCUT2D eigenvalue weighted by molar-refractivity contribution is 9.10. The van der Waals surface area contributed by atoms with Crippen molar-refractivity contribution in [3.63, 3.8) is 0 Å². The first-order valence-corrected chi connectivity index (χ1v) is 7.64. The van der Waals surface area contributed by atoms with Crippen LogP contribution >= 0.6 is 15.9 Å². The van der Waals surface area contributed by atoms with E-state index < -0.39 is 0 Å². The molecule has 0 saturated heterocycles. The second-order valence-electron chi connectivity index (χ2n) is 4.75. The summed E-state index contributed by atoms with van der Waals surface area (Å²) < 4.78 is 1.16. The van der Waals surface area contributed by atoms with E-state index in [0.717, 1.165) is 30.5 Å². The fourth-order valence-electron chi connectivity index (χ4n) is 1.94. The molecule has 0 amide bonds. The van der Waals surface area contributed by atoms with Gasteiger partial charge in [-0.1, -0.05) is 41.9 Å². The molecule has 0 aliphatic carbocycles. The van der Waals surface area contributed by atoms with Crippen LogP contribution in [0.2, 0.25) is 0 Å². The Kier molecular flexibility index (Phi) is 7.56. The maximum Gasteiger partial charge on any atom is 0.0332 e. The summed E-state index contributed by atoms with van der Waals surface area (Å²) in [5.41, 5.74) is 1.38. The molecule has 1 aromatic rings. The highest BCUT2D eigenvalue weighted by Crippen LogP contribution is 2.21. The SMILES string of the molecule is CCCNC(CCN(C)CC)c1cccc(Br)c1. The van der Waals surface area contributed by atoms with Crippen molar-refractivity contribution in [3.05, 3.63) is 34.3 Å². The number of rotatable bonds is 8. The Morgan fingerprint density at radius 3 is 2.72 bits per heavy atom. The van der Waals surface area contributed by atoms with Gasteiger partial charge >= 0.3 is 0 Å². The van der Waals surface area contributed by atoms with Gasteiger partial charge in [0.05, 0.1) is 0 Å². The monoisotopic (exact) mass is 312 g/mol. The summed E-state index contributed by atoms with van der Waals surface area (Å²) in [5, 5.41) is 3.64. The van der Waals surface area contributed by atoms with Crippen molar-refractivity contribution in [3.8, 4) is 0 Å². The molecule has 3 heteroatoms. The molecule has 0 aromatic heterocycles. The van der Waals surface area contributed by atoms with Gasteiger partial charge in [-0.15, -0.1) is 0 Å². The summed E-state index contributed by atoms with van der Waals surface area (Å²) >= 11 is 3.55. The van der Waals surface area contributed by atoms with E-state index in [1.807, 2.05) is 0 Å². The van der Waals surface area contributed by atoms with Crippen LogP contribution in [-0.2, 0) is 0 Å². The van der Waals surface area contributed by atoms with E-state index in [2.05, 4.69) is 71.3 Å². The highest BCUT2D eigenvalue weighted by atomic mass is 79.9. The lowest BCUT2D eigenvalue weighted by atomic mass is 10.0.